The first kappa shape index (κ1) is 19.3. The zero-order valence-corrected chi connectivity index (χ0v) is 16.4. The van der Waals surface area contributed by atoms with Crippen LogP contribution < -0.4 is 0 Å². The summed E-state index contributed by atoms with van der Waals surface area (Å²) in [6.07, 6.45) is 0. The lowest BCUT2D eigenvalue weighted by Crippen LogP contribution is -2.17. The summed E-state index contributed by atoms with van der Waals surface area (Å²) in [5, 5.41) is 10.3. The quantitative estimate of drug-likeness (QED) is 0.660. The standard InChI is InChI=1S/C21H22ClN3O2/c1-14-19(13-26)25(20(23-14)12-24(2)3)18-11-7-5-9-16(18)21(27)15-8-4-6-10-17(15)22/h4-11,26H,12-13H2,1-3H3. The Labute approximate surface area is 163 Å². The van der Waals surface area contributed by atoms with E-state index in [9.17, 15) is 9.90 Å². The van der Waals surface area contributed by atoms with Crippen LogP contribution in [0.3, 0.4) is 0 Å². The first-order chi connectivity index (χ1) is 12.9. The fraction of sp³-hybridized carbons (Fsp3) is 0.238. The van der Waals surface area contributed by atoms with Gasteiger partial charge in [-0.3, -0.25) is 9.36 Å². The monoisotopic (exact) mass is 383 g/mol. The number of aliphatic hydroxyl groups excluding tert-OH is 1. The summed E-state index contributed by atoms with van der Waals surface area (Å²) >= 11 is 6.24. The number of hydrogen-bond acceptors (Lipinski definition) is 4. The first-order valence-corrected chi connectivity index (χ1v) is 9.03. The summed E-state index contributed by atoms with van der Waals surface area (Å²) in [5.41, 5.74) is 3.06. The maximum Gasteiger partial charge on any atom is 0.196 e. The van der Waals surface area contributed by atoms with E-state index in [0.29, 0.717) is 34.1 Å². The lowest BCUT2D eigenvalue weighted by Gasteiger charge is -2.17. The number of nitrogens with zero attached hydrogens (tertiary/aromatic N) is 3. The molecule has 0 fully saturated rings. The largest absolute Gasteiger partial charge is 0.390 e. The zero-order valence-electron chi connectivity index (χ0n) is 15.6. The minimum Gasteiger partial charge on any atom is -0.390 e. The molecule has 0 spiro atoms. The van der Waals surface area contributed by atoms with Gasteiger partial charge in [-0.25, -0.2) is 4.98 Å². The van der Waals surface area contributed by atoms with Gasteiger partial charge in [-0.05, 0) is 45.3 Å². The fourth-order valence-corrected chi connectivity index (χ4v) is 3.36. The van der Waals surface area contributed by atoms with Crippen molar-refractivity contribution >= 4 is 17.4 Å². The van der Waals surface area contributed by atoms with E-state index in [1.165, 1.54) is 0 Å². The van der Waals surface area contributed by atoms with Crippen molar-refractivity contribution in [2.24, 2.45) is 0 Å². The minimum atomic E-state index is -0.166. The molecule has 1 aromatic heterocycles. The molecular weight excluding hydrogens is 362 g/mol. The number of benzene rings is 2. The Morgan fingerprint density at radius 3 is 2.37 bits per heavy atom. The molecule has 3 rings (SSSR count). The highest BCUT2D eigenvalue weighted by molar-refractivity contribution is 6.35. The van der Waals surface area contributed by atoms with Crippen LogP contribution in [0.2, 0.25) is 5.02 Å². The molecule has 0 bridgehead atoms. The maximum atomic E-state index is 13.2. The van der Waals surface area contributed by atoms with E-state index in [1.54, 1.807) is 30.3 Å². The number of rotatable bonds is 6. The van der Waals surface area contributed by atoms with E-state index < -0.39 is 0 Å². The summed E-state index contributed by atoms with van der Waals surface area (Å²) in [7, 11) is 3.90. The number of aliphatic hydroxyl groups is 1. The van der Waals surface area contributed by atoms with Gasteiger partial charge in [-0.1, -0.05) is 35.9 Å². The Morgan fingerprint density at radius 2 is 1.74 bits per heavy atom. The molecule has 1 N–H and O–H groups in total. The second-order valence-electron chi connectivity index (χ2n) is 6.62. The van der Waals surface area contributed by atoms with Crippen LogP contribution in [0.25, 0.3) is 5.69 Å². The third kappa shape index (κ3) is 3.81. The van der Waals surface area contributed by atoms with Crippen LogP contribution in [-0.2, 0) is 13.2 Å². The normalized spacial score (nSPS) is 11.2. The fourth-order valence-electron chi connectivity index (χ4n) is 3.14. The molecule has 0 atom stereocenters. The number of carbonyl (C=O) groups is 1. The zero-order chi connectivity index (χ0) is 19.6. The van der Waals surface area contributed by atoms with Gasteiger partial charge in [0.25, 0.3) is 0 Å². The van der Waals surface area contributed by atoms with Crippen LogP contribution in [0.5, 0.6) is 0 Å². The molecule has 6 heteroatoms. The number of hydrogen-bond donors (Lipinski definition) is 1. The summed E-state index contributed by atoms with van der Waals surface area (Å²) in [4.78, 5) is 19.8. The van der Waals surface area contributed by atoms with Crippen molar-refractivity contribution < 1.29 is 9.90 Å². The topological polar surface area (TPSA) is 58.4 Å². The van der Waals surface area contributed by atoms with Gasteiger partial charge in [0.2, 0.25) is 0 Å². The number of halogens is 1. The van der Waals surface area contributed by atoms with Gasteiger partial charge >= 0.3 is 0 Å². The van der Waals surface area contributed by atoms with E-state index in [-0.39, 0.29) is 12.4 Å². The number of aromatic nitrogens is 2. The van der Waals surface area contributed by atoms with Crippen molar-refractivity contribution in [3.8, 4) is 5.69 Å². The Morgan fingerprint density at radius 1 is 1.11 bits per heavy atom. The smallest absolute Gasteiger partial charge is 0.196 e. The number of carbonyl (C=O) groups excluding carboxylic acids is 1. The average molecular weight is 384 g/mol. The van der Waals surface area contributed by atoms with Crippen molar-refractivity contribution in [3.63, 3.8) is 0 Å². The molecule has 3 aromatic rings. The molecule has 27 heavy (non-hydrogen) atoms. The highest BCUT2D eigenvalue weighted by Crippen LogP contribution is 2.26. The van der Waals surface area contributed by atoms with Gasteiger partial charge in [-0.2, -0.15) is 0 Å². The van der Waals surface area contributed by atoms with Gasteiger partial charge < -0.3 is 10.0 Å². The molecule has 0 aliphatic heterocycles. The number of ketones is 1. The lowest BCUT2D eigenvalue weighted by molar-refractivity contribution is 0.103. The van der Waals surface area contributed by atoms with Crippen LogP contribution in [0, 0.1) is 6.92 Å². The summed E-state index contributed by atoms with van der Waals surface area (Å²) in [6.45, 7) is 2.27. The van der Waals surface area contributed by atoms with E-state index >= 15 is 0 Å². The van der Waals surface area contributed by atoms with Crippen LogP contribution in [0.4, 0.5) is 0 Å². The highest BCUT2D eigenvalue weighted by atomic mass is 35.5. The Bertz CT molecular complexity index is 979. The maximum absolute atomic E-state index is 13.2. The number of para-hydroxylation sites is 1. The van der Waals surface area contributed by atoms with Gasteiger partial charge in [-0.15, -0.1) is 0 Å². The molecule has 0 unspecified atom stereocenters. The Hall–Kier alpha value is -2.47. The van der Waals surface area contributed by atoms with E-state index in [0.717, 1.165) is 11.5 Å². The molecule has 0 amide bonds. The van der Waals surface area contributed by atoms with Crippen molar-refractivity contribution in [2.45, 2.75) is 20.1 Å². The third-order valence-electron chi connectivity index (χ3n) is 4.36. The summed E-state index contributed by atoms with van der Waals surface area (Å²) in [5.74, 6) is 0.600. The van der Waals surface area contributed by atoms with Crippen LogP contribution in [0.15, 0.2) is 48.5 Å². The lowest BCUT2D eigenvalue weighted by atomic mass is 10.0. The average Bonchev–Trinajstić information content (AvgIpc) is 2.95. The van der Waals surface area contributed by atoms with E-state index in [4.69, 9.17) is 11.6 Å². The van der Waals surface area contributed by atoms with Crippen molar-refractivity contribution in [2.75, 3.05) is 14.1 Å². The van der Waals surface area contributed by atoms with E-state index in [1.807, 2.05) is 48.7 Å². The first-order valence-electron chi connectivity index (χ1n) is 8.65. The third-order valence-corrected chi connectivity index (χ3v) is 4.69. The molecule has 2 aromatic carbocycles. The molecule has 140 valence electrons. The molecule has 0 aliphatic carbocycles. The van der Waals surface area contributed by atoms with Gasteiger partial charge in [0.1, 0.15) is 5.82 Å². The van der Waals surface area contributed by atoms with Crippen LogP contribution >= 0.6 is 11.6 Å². The molecule has 0 aliphatic rings. The van der Waals surface area contributed by atoms with Crippen LogP contribution in [-0.4, -0.2) is 39.4 Å². The minimum absolute atomic E-state index is 0.165. The molecule has 0 radical (unpaired) electrons. The SMILES string of the molecule is Cc1nc(CN(C)C)n(-c2ccccc2C(=O)c2ccccc2Cl)c1CO. The Balaban J connectivity index is 2.21. The van der Waals surface area contributed by atoms with Gasteiger partial charge in [0.15, 0.2) is 5.78 Å². The Kier molecular flexibility index (Phi) is 5.75. The molecular formula is C21H22ClN3O2. The van der Waals surface area contributed by atoms with Crippen LogP contribution in [0.1, 0.15) is 33.1 Å². The molecule has 0 saturated carbocycles. The van der Waals surface area contributed by atoms with Crippen molar-refractivity contribution in [3.05, 3.63) is 81.9 Å². The van der Waals surface area contributed by atoms with Crippen molar-refractivity contribution in [1.29, 1.82) is 0 Å². The second kappa shape index (κ2) is 8.05. The predicted molar refractivity (Wildman–Crippen MR) is 106 cm³/mol. The second-order valence-corrected chi connectivity index (χ2v) is 7.02. The van der Waals surface area contributed by atoms with Gasteiger partial charge in [0, 0.05) is 11.1 Å². The number of imidazole rings is 1. The summed E-state index contributed by atoms with van der Waals surface area (Å²) < 4.78 is 1.87. The van der Waals surface area contributed by atoms with E-state index in [2.05, 4.69) is 4.98 Å². The molecule has 5 nitrogen and oxygen atoms in total. The summed E-state index contributed by atoms with van der Waals surface area (Å²) in [6, 6.07) is 14.3. The van der Waals surface area contributed by atoms with Gasteiger partial charge in [0.05, 0.1) is 35.2 Å². The van der Waals surface area contributed by atoms with Crippen molar-refractivity contribution in [1.82, 2.24) is 14.5 Å². The highest BCUT2D eigenvalue weighted by Gasteiger charge is 2.22. The number of aryl methyl sites for hydroxylation is 1. The predicted octanol–water partition coefficient (Wildman–Crippen LogP) is 3.62. The molecule has 0 saturated heterocycles. The molecule has 1 heterocycles.